The minimum atomic E-state index is -0.503. The van der Waals surface area contributed by atoms with Crippen LogP contribution >= 0.6 is 0 Å². The highest BCUT2D eigenvalue weighted by Gasteiger charge is 2.25. The SMILES string of the molecule is Cc1ccc(CC(C(=O)Nc2ccccc2)c2nn[nH]n2)cc1. The fraction of sp³-hybridized carbons (Fsp3) is 0.176. The van der Waals surface area contributed by atoms with Gasteiger partial charge in [-0.25, -0.2) is 0 Å². The quantitative estimate of drug-likeness (QED) is 0.758. The molecule has 1 atom stereocenters. The topological polar surface area (TPSA) is 83.6 Å². The number of nitrogens with zero attached hydrogens (tertiary/aromatic N) is 3. The van der Waals surface area contributed by atoms with Crippen molar-refractivity contribution in [1.82, 2.24) is 20.6 Å². The van der Waals surface area contributed by atoms with Gasteiger partial charge in [0.2, 0.25) is 5.91 Å². The van der Waals surface area contributed by atoms with Gasteiger partial charge in [0.25, 0.3) is 0 Å². The van der Waals surface area contributed by atoms with Crippen LogP contribution in [0, 0.1) is 6.92 Å². The van der Waals surface area contributed by atoms with Gasteiger partial charge in [0.15, 0.2) is 5.82 Å². The smallest absolute Gasteiger partial charge is 0.235 e. The first kappa shape index (κ1) is 14.9. The molecule has 0 spiro atoms. The molecule has 0 aliphatic rings. The van der Waals surface area contributed by atoms with Crippen LogP contribution in [-0.4, -0.2) is 26.5 Å². The van der Waals surface area contributed by atoms with Crippen LogP contribution in [0.3, 0.4) is 0 Å². The molecule has 1 heterocycles. The molecule has 1 amide bonds. The molecule has 6 nitrogen and oxygen atoms in total. The summed E-state index contributed by atoms with van der Waals surface area (Å²) in [6.07, 6.45) is 0.512. The molecule has 0 radical (unpaired) electrons. The summed E-state index contributed by atoms with van der Waals surface area (Å²) in [4.78, 5) is 12.6. The van der Waals surface area contributed by atoms with Crippen molar-refractivity contribution in [3.05, 3.63) is 71.5 Å². The van der Waals surface area contributed by atoms with Crippen LogP contribution in [0.1, 0.15) is 22.9 Å². The van der Waals surface area contributed by atoms with Crippen molar-refractivity contribution in [2.24, 2.45) is 0 Å². The van der Waals surface area contributed by atoms with Crippen molar-refractivity contribution in [1.29, 1.82) is 0 Å². The van der Waals surface area contributed by atoms with E-state index in [1.165, 1.54) is 5.56 Å². The molecule has 6 heteroatoms. The fourth-order valence-electron chi connectivity index (χ4n) is 2.33. The molecule has 0 aliphatic carbocycles. The van der Waals surface area contributed by atoms with Gasteiger partial charge in [0.05, 0.1) is 0 Å². The van der Waals surface area contributed by atoms with Crippen molar-refractivity contribution < 1.29 is 4.79 Å². The van der Waals surface area contributed by atoms with E-state index < -0.39 is 5.92 Å². The number of carbonyl (C=O) groups excluding carboxylic acids is 1. The molecular weight excluding hydrogens is 290 g/mol. The number of benzene rings is 2. The lowest BCUT2D eigenvalue weighted by Crippen LogP contribution is -2.24. The summed E-state index contributed by atoms with van der Waals surface area (Å²) in [5.41, 5.74) is 2.97. The number of H-pyrrole nitrogens is 1. The molecular formula is C17H17N5O. The van der Waals surface area contributed by atoms with Gasteiger partial charge in [0, 0.05) is 5.69 Å². The van der Waals surface area contributed by atoms with E-state index in [9.17, 15) is 4.79 Å². The Morgan fingerprint density at radius 3 is 2.52 bits per heavy atom. The first-order chi connectivity index (χ1) is 11.2. The first-order valence-corrected chi connectivity index (χ1v) is 7.37. The predicted octanol–water partition coefficient (Wildman–Crippen LogP) is 2.47. The fourth-order valence-corrected chi connectivity index (χ4v) is 2.33. The van der Waals surface area contributed by atoms with Crippen LogP contribution < -0.4 is 5.32 Å². The van der Waals surface area contributed by atoms with E-state index in [1.54, 1.807) is 0 Å². The summed E-state index contributed by atoms with van der Waals surface area (Å²) in [5.74, 6) is -0.270. The highest BCUT2D eigenvalue weighted by molar-refractivity contribution is 5.95. The molecule has 0 saturated heterocycles. The second-order valence-corrected chi connectivity index (χ2v) is 5.37. The highest BCUT2D eigenvalue weighted by Crippen LogP contribution is 2.20. The monoisotopic (exact) mass is 307 g/mol. The third-order valence-electron chi connectivity index (χ3n) is 3.59. The van der Waals surface area contributed by atoms with E-state index in [4.69, 9.17) is 0 Å². The summed E-state index contributed by atoms with van der Waals surface area (Å²) in [5, 5.41) is 16.9. The van der Waals surface area contributed by atoms with E-state index in [-0.39, 0.29) is 5.91 Å². The zero-order valence-corrected chi connectivity index (χ0v) is 12.7. The molecule has 23 heavy (non-hydrogen) atoms. The minimum Gasteiger partial charge on any atom is -0.325 e. The second-order valence-electron chi connectivity index (χ2n) is 5.37. The number of hydrogen-bond acceptors (Lipinski definition) is 4. The molecule has 0 bridgehead atoms. The maximum absolute atomic E-state index is 12.6. The van der Waals surface area contributed by atoms with Crippen LogP contribution in [-0.2, 0) is 11.2 Å². The molecule has 0 fully saturated rings. The Morgan fingerprint density at radius 2 is 1.87 bits per heavy atom. The highest BCUT2D eigenvalue weighted by atomic mass is 16.1. The zero-order valence-electron chi connectivity index (χ0n) is 12.7. The van der Waals surface area contributed by atoms with Crippen molar-refractivity contribution in [3.63, 3.8) is 0 Å². The van der Waals surface area contributed by atoms with Crippen LogP contribution in [0.2, 0.25) is 0 Å². The van der Waals surface area contributed by atoms with Gasteiger partial charge in [-0.2, -0.15) is 5.21 Å². The maximum Gasteiger partial charge on any atom is 0.235 e. The standard InChI is InChI=1S/C17H17N5O/c1-12-7-9-13(10-8-12)11-15(16-19-21-22-20-16)17(23)18-14-5-3-2-4-6-14/h2-10,15H,11H2,1H3,(H,18,23)(H,19,20,21,22). The number of tetrazole rings is 1. The lowest BCUT2D eigenvalue weighted by molar-refractivity contribution is -0.117. The van der Waals surface area contributed by atoms with Gasteiger partial charge in [-0.1, -0.05) is 53.2 Å². The van der Waals surface area contributed by atoms with E-state index in [0.29, 0.717) is 12.2 Å². The van der Waals surface area contributed by atoms with Crippen LogP contribution in [0.25, 0.3) is 0 Å². The van der Waals surface area contributed by atoms with Crippen molar-refractivity contribution in [2.75, 3.05) is 5.32 Å². The molecule has 2 aromatic carbocycles. The Hall–Kier alpha value is -3.02. The van der Waals surface area contributed by atoms with Crippen LogP contribution in [0.4, 0.5) is 5.69 Å². The first-order valence-electron chi connectivity index (χ1n) is 7.37. The number of anilines is 1. The lowest BCUT2D eigenvalue weighted by Gasteiger charge is -2.14. The molecule has 1 unspecified atom stereocenters. The summed E-state index contributed by atoms with van der Waals surface area (Å²) in [6.45, 7) is 2.03. The molecule has 1 aromatic heterocycles. The van der Waals surface area contributed by atoms with E-state index >= 15 is 0 Å². The van der Waals surface area contributed by atoms with Crippen molar-refractivity contribution >= 4 is 11.6 Å². The number of para-hydroxylation sites is 1. The molecule has 0 aliphatic heterocycles. The molecule has 116 valence electrons. The Bertz CT molecular complexity index is 753. The summed E-state index contributed by atoms with van der Waals surface area (Å²) in [6, 6.07) is 17.4. The Morgan fingerprint density at radius 1 is 1.13 bits per heavy atom. The summed E-state index contributed by atoms with van der Waals surface area (Å²) < 4.78 is 0. The van der Waals surface area contributed by atoms with Crippen LogP contribution in [0.5, 0.6) is 0 Å². The molecule has 0 saturated carbocycles. The number of rotatable bonds is 5. The number of aromatic amines is 1. The summed E-state index contributed by atoms with van der Waals surface area (Å²) in [7, 11) is 0. The van der Waals surface area contributed by atoms with Gasteiger partial charge in [-0.15, -0.1) is 10.2 Å². The maximum atomic E-state index is 12.6. The van der Waals surface area contributed by atoms with Gasteiger partial charge >= 0.3 is 0 Å². The number of carbonyl (C=O) groups is 1. The third-order valence-corrected chi connectivity index (χ3v) is 3.59. The number of aromatic nitrogens is 4. The Kier molecular flexibility index (Phi) is 4.42. The second kappa shape index (κ2) is 6.83. The molecule has 3 aromatic rings. The largest absolute Gasteiger partial charge is 0.325 e. The minimum absolute atomic E-state index is 0.154. The van der Waals surface area contributed by atoms with Crippen LogP contribution in [0.15, 0.2) is 54.6 Å². The number of nitrogens with one attached hydrogen (secondary N) is 2. The van der Waals surface area contributed by atoms with Crippen molar-refractivity contribution in [2.45, 2.75) is 19.3 Å². The number of hydrogen-bond donors (Lipinski definition) is 2. The predicted molar refractivity (Wildman–Crippen MR) is 86.9 cm³/mol. The average Bonchev–Trinajstić information content (AvgIpc) is 3.09. The summed E-state index contributed by atoms with van der Waals surface area (Å²) >= 11 is 0. The van der Waals surface area contributed by atoms with Crippen molar-refractivity contribution in [3.8, 4) is 0 Å². The van der Waals surface area contributed by atoms with E-state index in [0.717, 1.165) is 11.3 Å². The lowest BCUT2D eigenvalue weighted by atomic mass is 9.97. The van der Waals surface area contributed by atoms with Gasteiger partial charge < -0.3 is 5.32 Å². The Balaban J connectivity index is 1.81. The van der Waals surface area contributed by atoms with E-state index in [1.807, 2.05) is 61.5 Å². The van der Waals surface area contributed by atoms with Gasteiger partial charge in [-0.3, -0.25) is 4.79 Å². The zero-order chi connectivity index (χ0) is 16.1. The van der Waals surface area contributed by atoms with Gasteiger partial charge in [-0.05, 0) is 31.0 Å². The average molecular weight is 307 g/mol. The Labute approximate surface area is 133 Å². The van der Waals surface area contributed by atoms with E-state index in [2.05, 4.69) is 25.9 Å². The third kappa shape index (κ3) is 3.79. The van der Waals surface area contributed by atoms with Gasteiger partial charge in [0.1, 0.15) is 5.92 Å². The number of aryl methyl sites for hydroxylation is 1. The normalized spacial score (nSPS) is 11.9. The molecule has 2 N–H and O–H groups in total. The molecule has 3 rings (SSSR count). The number of amides is 1.